The van der Waals surface area contributed by atoms with Crippen molar-refractivity contribution in [3.8, 4) is 45.7 Å². The van der Waals surface area contributed by atoms with E-state index in [1.54, 1.807) is 40.9 Å². The number of fused-ring (bicyclic) bond motifs is 6. The quantitative estimate of drug-likeness (QED) is 0.0565. The van der Waals surface area contributed by atoms with Gasteiger partial charge in [0.15, 0.2) is 11.6 Å². The van der Waals surface area contributed by atoms with E-state index in [-0.39, 0.29) is 0 Å². The fraction of sp³-hybridized carbons (Fsp3) is 0.259. The van der Waals surface area contributed by atoms with Gasteiger partial charge >= 0.3 is 7.12 Å². The van der Waals surface area contributed by atoms with Crippen LogP contribution < -0.4 is 46.8 Å². The van der Waals surface area contributed by atoms with Crippen LogP contribution in [0.15, 0.2) is 102 Å². The van der Waals surface area contributed by atoms with E-state index < -0.39 is 7.12 Å². The Morgan fingerprint density at radius 1 is 0.566 bits per heavy atom. The molecule has 2 fully saturated rings. The number of hydrogen-bond donors (Lipinski definition) is 6. The van der Waals surface area contributed by atoms with Crippen LogP contribution in [0.2, 0.25) is 0 Å². The first-order valence-electron chi connectivity index (χ1n) is 25.0. The summed E-state index contributed by atoms with van der Waals surface area (Å²) >= 11 is 6.61. The van der Waals surface area contributed by atoms with E-state index in [2.05, 4.69) is 66.7 Å². The fourth-order valence-corrected chi connectivity index (χ4v) is 11.4. The molecule has 2 aliphatic heterocycles. The number of halogens is 1. The third kappa shape index (κ3) is 11.5. The zero-order chi connectivity index (χ0) is 52.9. The fourth-order valence-electron chi connectivity index (χ4n) is 8.93. The van der Waals surface area contributed by atoms with Gasteiger partial charge in [-0.25, -0.2) is 29.9 Å². The lowest BCUT2D eigenvalue weighted by atomic mass is 9.80. The summed E-state index contributed by atoms with van der Waals surface area (Å²) in [4.78, 5) is 45.1. The normalized spacial score (nSPS) is 13.6. The molecule has 0 amide bonds. The van der Waals surface area contributed by atoms with Crippen molar-refractivity contribution in [1.29, 1.82) is 0 Å². The predicted octanol–water partition coefficient (Wildman–Crippen LogP) is 7.80. The van der Waals surface area contributed by atoms with E-state index in [1.165, 1.54) is 6.07 Å². The van der Waals surface area contributed by atoms with E-state index >= 15 is 0 Å². The topological polar surface area (TPSA) is 245 Å². The maximum atomic E-state index is 8.65. The first-order chi connectivity index (χ1) is 36.9. The first kappa shape index (κ1) is 52.3. The molecule has 0 spiro atoms. The van der Waals surface area contributed by atoms with Gasteiger partial charge in [0.25, 0.3) is 0 Å². The minimum atomic E-state index is -1.43. The van der Waals surface area contributed by atoms with Gasteiger partial charge in [-0.1, -0.05) is 76.6 Å². The average Bonchev–Trinajstić information content (AvgIpc) is 4.12. The number of ether oxygens (including phenoxy) is 2. The van der Waals surface area contributed by atoms with Gasteiger partial charge in [0.2, 0.25) is 23.7 Å². The Balaban J connectivity index is 0.000000148. The number of anilines is 4. The molecule has 2 saturated heterocycles. The number of nitrogens with one attached hydrogen (secondary N) is 2. The molecule has 0 atom stereocenters. The lowest BCUT2D eigenvalue weighted by Crippen LogP contribution is -2.44. The molecule has 0 aliphatic carbocycles. The van der Waals surface area contributed by atoms with Crippen molar-refractivity contribution in [2.45, 2.75) is 27.7 Å². The van der Waals surface area contributed by atoms with Crippen molar-refractivity contribution in [1.82, 2.24) is 50.5 Å². The highest BCUT2D eigenvalue weighted by molar-refractivity contribution is 9.10. The number of nitrogens with two attached hydrogens (primary N) is 2. The average molecular weight is 1120 g/mol. The molecule has 0 radical (unpaired) electrons. The van der Waals surface area contributed by atoms with Crippen LogP contribution in [0.3, 0.4) is 0 Å². The van der Waals surface area contributed by atoms with Crippen molar-refractivity contribution < 1.29 is 19.5 Å². The molecular formula is C54H56BBrN14O4S2. The Hall–Kier alpha value is -7.18. The van der Waals surface area contributed by atoms with Crippen LogP contribution in [-0.2, 0) is 0 Å². The molecule has 2 aliphatic rings. The van der Waals surface area contributed by atoms with Crippen LogP contribution in [0.5, 0.6) is 11.8 Å². The van der Waals surface area contributed by atoms with E-state index in [1.807, 2.05) is 70.2 Å². The summed E-state index contributed by atoms with van der Waals surface area (Å²) in [5, 5.41) is 26.0. The molecule has 0 saturated carbocycles. The Bertz CT molecular complexity index is 3670. The van der Waals surface area contributed by atoms with Crippen LogP contribution >= 0.6 is 38.6 Å². The number of benzene rings is 4. The summed E-state index contributed by atoms with van der Waals surface area (Å²) in [6, 6.07) is 30.7. The molecule has 0 unspecified atom stereocenters. The summed E-state index contributed by atoms with van der Waals surface area (Å²) in [6.45, 7) is 16.2. The zero-order valence-corrected chi connectivity index (χ0v) is 45.6. The van der Waals surface area contributed by atoms with Crippen molar-refractivity contribution in [3.05, 3.63) is 113 Å². The van der Waals surface area contributed by atoms with E-state index in [0.717, 1.165) is 137 Å². The first-order valence-corrected chi connectivity index (χ1v) is 27.5. The van der Waals surface area contributed by atoms with Gasteiger partial charge in [-0.3, -0.25) is 0 Å². The highest BCUT2D eigenvalue weighted by Crippen LogP contribution is 2.41. The highest BCUT2D eigenvalue weighted by atomic mass is 79.9. The molecular weight excluding hydrogens is 1060 g/mol. The van der Waals surface area contributed by atoms with Crippen LogP contribution in [0.25, 0.3) is 74.8 Å². The number of nitrogens with zero attached hydrogens (tertiary/aromatic N) is 10. The van der Waals surface area contributed by atoms with Crippen LogP contribution in [0, 0.1) is 13.8 Å². The Morgan fingerprint density at radius 3 is 1.45 bits per heavy atom. The van der Waals surface area contributed by atoms with Gasteiger partial charge in [-0.15, -0.1) is 22.7 Å². The van der Waals surface area contributed by atoms with Gasteiger partial charge in [0.05, 0.1) is 35.4 Å². The second kappa shape index (κ2) is 23.4. The Kier molecular flexibility index (Phi) is 16.1. The van der Waals surface area contributed by atoms with Crippen LogP contribution in [0.1, 0.15) is 25.2 Å². The Morgan fingerprint density at radius 2 is 1.01 bits per heavy atom. The number of aromatic nitrogens is 8. The zero-order valence-electron chi connectivity index (χ0n) is 42.4. The minimum absolute atomic E-state index is 0.417. The van der Waals surface area contributed by atoms with Gasteiger partial charge in [0, 0.05) is 79.3 Å². The summed E-state index contributed by atoms with van der Waals surface area (Å²) < 4.78 is 14.7. The molecule has 12 rings (SSSR count). The summed E-state index contributed by atoms with van der Waals surface area (Å²) in [7, 11) is -1.43. The monoisotopic (exact) mass is 1120 g/mol. The molecule has 18 nitrogen and oxygen atoms in total. The number of rotatable bonds is 10. The van der Waals surface area contributed by atoms with Crippen molar-refractivity contribution >= 4 is 115 Å². The molecule has 22 heteroatoms. The van der Waals surface area contributed by atoms with E-state index in [4.69, 9.17) is 70.9 Å². The second-order valence-electron chi connectivity index (χ2n) is 17.9. The summed E-state index contributed by atoms with van der Waals surface area (Å²) in [5.41, 5.74) is 20.7. The maximum Gasteiger partial charge on any atom is 0.488 e. The number of piperazine rings is 2. The van der Waals surface area contributed by atoms with Crippen molar-refractivity contribution in [3.63, 3.8) is 0 Å². The number of aryl methyl sites for hydroxylation is 2. The highest BCUT2D eigenvalue weighted by Gasteiger charge is 2.24. The largest absolute Gasteiger partial charge is 0.488 e. The number of thiophene rings is 2. The van der Waals surface area contributed by atoms with Crippen molar-refractivity contribution in [2.75, 3.05) is 86.8 Å². The Labute approximate surface area is 455 Å². The molecule has 8 heterocycles. The molecule has 76 heavy (non-hydrogen) atoms. The summed E-state index contributed by atoms with van der Waals surface area (Å²) in [5.74, 6) is 4.07. The summed E-state index contributed by atoms with van der Waals surface area (Å²) in [6.07, 6.45) is 0. The lowest BCUT2D eigenvalue weighted by molar-refractivity contribution is 0.331. The standard InChI is InChI=1S/C27H27N7OS.C21H21BrN6OS.C6H8BNO2/c1-3-35-25-23-22(31-27(33-25)34-13-11-29-12-14-34)21-16(2)30-24(32-26(21)36-23)18-9-7-17(8-10-18)19-5-4-6-20(28)15-19;1-3-29-19-17-16(25-21(27-19)28-10-8-23-9-11-28)15-12(2)24-18(26-20(15)30-17)13-4-6-14(22)7-5-13;8-6-3-1-2-5(4-6)7(9)10/h4-10,15,29H,3,11-14,28H2,1-2H3;4-7,23H,3,8-11H2,1-2H3;1-4,9-10H,8H2. The van der Waals surface area contributed by atoms with Gasteiger partial charge in [-0.2, -0.15) is 9.97 Å². The third-order valence-electron chi connectivity index (χ3n) is 12.7. The second-order valence-corrected chi connectivity index (χ2v) is 20.9. The smallest absolute Gasteiger partial charge is 0.477 e. The number of hydrogen-bond acceptors (Lipinski definition) is 20. The van der Waals surface area contributed by atoms with Gasteiger partial charge < -0.3 is 51.4 Å². The molecule has 388 valence electrons. The maximum absolute atomic E-state index is 8.65. The SMILES string of the molecule is CCOc1nc(N2CCNCC2)nc2c1sc1nc(-c3ccc(-c4cccc(N)c4)cc3)nc(C)c12.CCOc1nc(N2CCNCC2)nc2c1sc1nc(-c3ccc(Br)cc3)nc(C)c12.Nc1cccc(B(O)O)c1. The lowest BCUT2D eigenvalue weighted by Gasteiger charge is -2.27. The van der Waals surface area contributed by atoms with Crippen LogP contribution in [-0.4, -0.2) is 123 Å². The van der Waals surface area contributed by atoms with E-state index in [9.17, 15) is 0 Å². The number of nitrogen functional groups attached to an aromatic ring is 2. The van der Waals surface area contributed by atoms with E-state index in [0.29, 0.717) is 59.7 Å². The predicted molar refractivity (Wildman–Crippen MR) is 312 cm³/mol. The van der Waals surface area contributed by atoms with Crippen LogP contribution in [0.4, 0.5) is 23.3 Å². The van der Waals surface area contributed by atoms with Gasteiger partial charge in [0.1, 0.15) is 30.1 Å². The van der Waals surface area contributed by atoms with Gasteiger partial charge in [-0.05, 0) is 80.7 Å². The van der Waals surface area contributed by atoms with Crippen molar-refractivity contribution in [2.24, 2.45) is 0 Å². The molecule has 4 aromatic carbocycles. The molecule has 10 aromatic rings. The minimum Gasteiger partial charge on any atom is -0.477 e. The molecule has 8 N–H and O–H groups in total. The third-order valence-corrected chi connectivity index (χ3v) is 15.3. The molecule has 6 aromatic heterocycles. The molecule has 0 bridgehead atoms.